The van der Waals surface area contributed by atoms with E-state index in [0.717, 1.165) is 0 Å². The number of aromatic nitrogens is 2. The van der Waals surface area contributed by atoms with Gasteiger partial charge in [-0.3, -0.25) is 4.79 Å². The fraction of sp³-hybridized carbons (Fsp3) is 0.500. The SMILES string of the molecule is CO[C@@H]1CN(c2ncccn2)C[C@H]1C(=O)O. The van der Waals surface area contributed by atoms with Gasteiger partial charge in [-0.2, -0.15) is 0 Å². The van der Waals surface area contributed by atoms with Crippen molar-refractivity contribution >= 4 is 11.9 Å². The van der Waals surface area contributed by atoms with Gasteiger partial charge in [0, 0.05) is 32.6 Å². The van der Waals surface area contributed by atoms with Crippen molar-refractivity contribution in [2.24, 2.45) is 5.92 Å². The average Bonchev–Trinajstić information content (AvgIpc) is 2.74. The first-order valence-corrected chi connectivity index (χ1v) is 5.00. The molecule has 6 nitrogen and oxygen atoms in total. The van der Waals surface area contributed by atoms with Crippen LogP contribution in [-0.2, 0) is 9.53 Å². The number of anilines is 1. The lowest BCUT2D eigenvalue weighted by molar-refractivity contribution is -0.144. The molecule has 0 radical (unpaired) electrons. The van der Waals surface area contributed by atoms with Gasteiger partial charge in [-0.15, -0.1) is 0 Å². The summed E-state index contributed by atoms with van der Waals surface area (Å²) in [4.78, 5) is 21.0. The van der Waals surface area contributed by atoms with Crippen LogP contribution < -0.4 is 4.90 Å². The second kappa shape index (κ2) is 4.44. The second-order valence-electron chi connectivity index (χ2n) is 3.67. The molecule has 16 heavy (non-hydrogen) atoms. The molecule has 0 aliphatic carbocycles. The molecule has 6 heteroatoms. The van der Waals surface area contributed by atoms with E-state index in [0.29, 0.717) is 19.0 Å². The van der Waals surface area contributed by atoms with Gasteiger partial charge < -0.3 is 14.7 Å². The van der Waals surface area contributed by atoms with Gasteiger partial charge in [0.05, 0.1) is 6.10 Å². The monoisotopic (exact) mass is 223 g/mol. The highest BCUT2D eigenvalue weighted by molar-refractivity contribution is 5.72. The van der Waals surface area contributed by atoms with E-state index in [9.17, 15) is 4.79 Å². The number of rotatable bonds is 3. The molecular weight excluding hydrogens is 210 g/mol. The lowest BCUT2D eigenvalue weighted by Crippen LogP contribution is -2.27. The third-order valence-electron chi connectivity index (χ3n) is 2.72. The molecule has 86 valence electrons. The molecule has 1 saturated heterocycles. The Morgan fingerprint density at radius 3 is 2.69 bits per heavy atom. The number of carboxylic acid groups (broad SMARTS) is 1. The van der Waals surface area contributed by atoms with E-state index in [1.165, 1.54) is 7.11 Å². The Kier molecular flexibility index (Phi) is 3.00. The summed E-state index contributed by atoms with van der Waals surface area (Å²) in [5.41, 5.74) is 0. The van der Waals surface area contributed by atoms with E-state index in [1.54, 1.807) is 18.5 Å². The Bertz CT molecular complexity index is 371. The molecule has 0 spiro atoms. The third-order valence-corrected chi connectivity index (χ3v) is 2.72. The van der Waals surface area contributed by atoms with Crippen LogP contribution in [0.1, 0.15) is 0 Å². The molecule has 0 amide bonds. The summed E-state index contributed by atoms with van der Waals surface area (Å²) >= 11 is 0. The number of ether oxygens (including phenoxy) is 1. The lowest BCUT2D eigenvalue weighted by atomic mass is 10.1. The zero-order chi connectivity index (χ0) is 11.5. The number of hydrogen-bond donors (Lipinski definition) is 1. The van der Waals surface area contributed by atoms with Crippen molar-refractivity contribution in [3.05, 3.63) is 18.5 Å². The molecule has 1 aromatic rings. The molecule has 1 aromatic heterocycles. The van der Waals surface area contributed by atoms with Gasteiger partial charge >= 0.3 is 5.97 Å². The van der Waals surface area contributed by atoms with Crippen molar-refractivity contribution in [3.63, 3.8) is 0 Å². The van der Waals surface area contributed by atoms with Crippen LogP contribution in [0.4, 0.5) is 5.95 Å². The molecular formula is C10H13N3O3. The fourth-order valence-electron chi connectivity index (χ4n) is 1.87. The third kappa shape index (κ3) is 1.96. The van der Waals surface area contributed by atoms with Crippen LogP contribution in [0.3, 0.4) is 0 Å². The summed E-state index contributed by atoms with van der Waals surface area (Å²) in [5.74, 6) is -0.813. The highest BCUT2D eigenvalue weighted by Gasteiger charge is 2.38. The van der Waals surface area contributed by atoms with Crippen LogP contribution in [0.15, 0.2) is 18.5 Å². The maximum atomic E-state index is 11.0. The summed E-state index contributed by atoms with van der Waals surface area (Å²) in [6.45, 7) is 0.898. The minimum atomic E-state index is -0.842. The Labute approximate surface area is 92.9 Å². The van der Waals surface area contributed by atoms with Crippen molar-refractivity contribution in [2.45, 2.75) is 6.10 Å². The number of nitrogens with zero attached hydrogens (tertiary/aromatic N) is 3. The maximum Gasteiger partial charge on any atom is 0.311 e. The van der Waals surface area contributed by atoms with Gasteiger partial charge in [0.1, 0.15) is 5.92 Å². The molecule has 2 heterocycles. The summed E-state index contributed by atoms with van der Waals surface area (Å²) in [6.07, 6.45) is 2.97. The van der Waals surface area contributed by atoms with Crippen LogP contribution in [0.5, 0.6) is 0 Å². The number of carbonyl (C=O) groups is 1. The van der Waals surface area contributed by atoms with E-state index in [4.69, 9.17) is 9.84 Å². The molecule has 2 rings (SSSR count). The topological polar surface area (TPSA) is 75.5 Å². The molecule has 1 aliphatic rings. The zero-order valence-corrected chi connectivity index (χ0v) is 8.91. The molecule has 1 fully saturated rings. The van der Waals surface area contributed by atoms with Crippen LogP contribution >= 0.6 is 0 Å². The highest BCUT2D eigenvalue weighted by atomic mass is 16.5. The summed E-state index contributed by atoms with van der Waals surface area (Å²) in [7, 11) is 1.52. The lowest BCUT2D eigenvalue weighted by Gasteiger charge is -2.14. The number of methoxy groups -OCH3 is 1. The predicted octanol–water partition coefficient (Wildman–Crippen LogP) is 0.0124. The Morgan fingerprint density at radius 2 is 2.19 bits per heavy atom. The first-order valence-electron chi connectivity index (χ1n) is 5.00. The quantitative estimate of drug-likeness (QED) is 0.778. The molecule has 2 atom stereocenters. The second-order valence-corrected chi connectivity index (χ2v) is 3.67. The number of aliphatic carboxylic acids is 1. The Morgan fingerprint density at radius 1 is 1.50 bits per heavy atom. The van der Waals surface area contributed by atoms with Crippen molar-refractivity contribution in [1.29, 1.82) is 0 Å². The van der Waals surface area contributed by atoms with Crippen LogP contribution in [-0.4, -0.2) is 47.3 Å². The van der Waals surface area contributed by atoms with Crippen molar-refractivity contribution in [2.75, 3.05) is 25.1 Å². The van der Waals surface area contributed by atoms with Gasteiger partial charge in [0.15, 0.2) is 0 Å². The summed E-state index contributed by atoms with van der Waals surface area (Å²) in [5, 5.41) is 9.03. The van der Waals surface area contributed by atoms with Gasteiger partial charge in [-0.1, -0.05) is 0 Å². The van der Waals surface area contributed by atoms with Crippen molar-refractivity contribution in [3.8, 4) is 0 Å². The van der Waals surface area contributed by atoms with Crippen LogP contribution in [0.25, 0.3) is 0 Å². The molecule has 0 unspecified atom stereocenters. The standard InChI is InChI=1S/C10H13N3O3/c1-16-8-6-13(5-7(8)9(14)15)10-11-3-2-4-12-10/h2-4,7-8H,5-6H2,1H3,(H,14,15)/t7-,8-/m1/s1. The minimum absolute atomic E-state index is 0.304. The normalized spacial score (nSPS) is 24.7. The number of carboxylic acids is 1. The van der Waals surface area contributed by atoms with E-state index in [1.807, 2.05) is 4.90 Å². The van der Waals surface area contributed by atoms with E-state index in [2.05, 4.69) is 9.97 Å². The van der Waals surface area contributed by atoms with E-state index >= 15 is 0 Å². The average molecular weight is 223 g/mol. The molecule has 0 saturated carbocycles. The van der Waals surface area contributed by atoms with Crippen molar-refractivity contribution in [1.82, 2.24) is 9.97 Å². The molecule has 0 aromatic carbocycles. The van der Waals surface area contributed by atoms with Gasteiger partial charge in [-0.25, -0.2) is 9.97 Å². The van der Waals surface area contributed by atoms with E-state index in [-0.39, 0.29) is 6.10 Å². The summed E-state index contributed by atoms with van der Waals surface area (Å²) in [6, 6.07) is 1.72. The predicted molar refractivity (Wildman–Crippen MR) is 56.2 cm³/mol. The Balaban J connectivity index is 2.14. The first kappa shape index (κ1) is 10.8. The van der Waals surface area contributed by atoms with Crippen LogP contribution in [0, 0.1) is 5.92 Å². The first-order chi connectivity index (χ1) is 7.72. The minimum Gasteiger partial charge on any atom is -0.481 e. The maximum absolute atomic E-state index is 11.0. The molecule has 1 N–H and O–H groups in total. The Hall–Kier alpha value is -1.69. The smallest absolute Gasteiger partial charge is 0.311 e. The van der Waals surface area contributed by atoms with Crippen LogP contribution in [0.2, 0.25) is 0 Å². The fourth-order valence-corrected chi connectivity index (χ4v) is 1.87. The molecule has 1 aliphatic heterocycles. The molecule has 0 bridgehead atoms. The van der Waals surface area contributed by atoms with E-state index < -0.39 is 11.9 Å². The largest absolute Gasteiger partial charge is 0.481 e. The summed E-state index contributed by atoms with van der Waals surface area (Å²) < 4.78 is 5.16. The zero-order valence-electron chi connectivity index (χ0n) is 8.91. The number of hydrogen-bond acceptors (Lipinski definition) is 5. The van der Waals surface area contributed by atoms with Crippen molar-refractivity contribution < 1.29 is 14.6 Å². The van der Waals surface area contributed by atoms with Gasteiger partial charge in [-0.05, 0) is 6.07 Å². The van der Waals surface area contributed by atoms with Gasteiger partial charge in [0.2, 0.25) is 5.95 Å². The van der Waals surface area contributed by atoms with Gasteiger partial charge in [0.25, 0.3) is 0 Å². The highest BCUT2D eigenvalue weighted by Crippen LogP contribution is 2.22.